The van der Waals surface area contributed by atoms with Gasteiger partial charge >= 0.3 is 5.69 Å². The molecule has 0 aliphatic carbocycles. The van der Waals surface area contributed by atoms with Crippen molar-refractivity contribution in [3.63, 3.8) is 0 Å². The standard InChI is InChI=1S/C14H15N5O3/c1-22-5-4-15-11-6-9(8-2-3-16-12(8)18-11)10-7-17-14(21)19-13(10)20/h2-3,6-7H,4-5H2,1H3,(H2,15,16,18)(H2,17,19,20,21). The van der Waals surface area contributed by atoms with E-state index in [1.165, 1.54) is 6.20 Å². The molecule has 3 aromatic heterocycles. The Hall–Kier alpha value is -2.87. The van der Waals surface area contributed by atoms with Crippen molar-refractivity contribution in [3.05, 3.63) is 45.4 Å². The molecule has 22 heavy (non-hydrogen) atoms. The molecule has 0 aromatic carbocycles. The first kappa shape index (κ1) is 14.1. The van der Waals surface area contributed by atoms with Crippen LogP contribution >= 0.6 is 0 Å². The van der Waals surface area contributed by atoms with Gasteiger partial charge in [-0.25, -0.2) is 9.78 Å². The lowest BCUT2D eigenvalue weighted by Gasteiger charge is -2.08. The molecule has 0 bridgehead atoms. The van der Waals surface area contributed by atoms with Crippen molar-refractivity contribution < 1.29 is 4.74 Å². The number of aromatic amines is 3. The zero-order valence-electron chi connectivity index (χ0n) is 11.9. The third-order valence-corrected chi connectivity index (χ3v) is 3.25. The summed E-state index contributed by atoms with van der Waals surface area (Å²) >= 11 is 0. The van der Waals surface area contributed by atoms with Crippen molar-refractivity contribution in [3.8, 4) is 11.1 Å². The molecule has 0 fully saturated rings. The van der Waals surface area contributed by atoms with Crippen molar-refractivity contribution in [2.75, 3.05) is 25.6 Å². The van der Waals surface area contributed by atoms with Gasteiger partial charge in [-0.05, 0) is 12.1 Å². The lowest BCUT2D eigenvalue weighted by Crippen LogP contribution is -2.22. The Bertz CT molecular complexity index is 908. The SMILES string of the molecule is COCCNc1cc(-c2c[nH]c(=O)[nH]c2=O)c2cc[nH]c2n1. The van der Waals surface area contributed by atoms with E-state index in [4.69, 9.17) is 4.74 Å². The molecule has 0 aliphatic heterocycles. The molecule has 8 nitrogen and oxygen atoms in total. The number of rotatable bonds is 5. The summed E-state index contributed by atoms with van der Waals surface area (Å²) in [5.41, 5.74) is 0.736. The molecular formula is C14H15N5O3. The highest BCUT2D eigenvalue weighted by Gasteiger charge is 2.12. The zero-order valence-corrected chi connectivity index (χ0v) is 11.9. The summed E-state index contributed by atoms with van der Waals surface area (Å²) in [6.45, 7) is 1.14. The van der Waals surface area contributed by atoms with Crippen molar-refractivity contribution >= 4 is 16.9 Å². The van der Waals surface area contributed by atoms with Gasteiger partial charge in [0.25, 0.3) is 5.56 Å². The van der Waals surface area contributed by atoms with E-state index in [-0.39, 0.29) is 0 Å². The maximum Gasteiger partial charge on any atom is 0.325 e. The number of pyridine rings is 1. The van der Waals surface area contributed by atoms with Crippen LogP contribution in [0.5, 0.6) is 0 Å². The van der Waals surface area contributed by atoms with Gasteiger partial charge in [-0.1, -0.05) is 0 Å². The van der Waals surface area contributed by atoms with Crippen LogP contribution in [0.2, 0.25) is 0 Å². The summed E-state index contributed by atoms with van der Waals surface area (Å²) in [6, 6.07) is 3.61. The second-order valence-electron chi connectivity index (χ2n) is 4.70. The predicted octanol–water partition coefficient (Wildman–Crippen LogP) is 0.665. The predicted molar refractivity (Wildman–Crippen MR) is 83.1 cm³/mol. The number of nitrogens with zero attached hydrogens (tertiary/aromatic N) is 1. The molecule has 3 aromatic rings. The van der Waals surface area contributed by atoms with E-state index in [9.17, 15) is 9.59 Å². The number of methoxy groups -OCH3 is 1. The number of H-pyrrole nitrogens is 3. The Morgan fingerprint density at radius 2 is 2.14 bits per heavy atom. The molecule has 8 heteroatoms. The number of aromatic nitrogens is 4. The Morgan fingerprint density at radius 1 is 1.27 bits per heavy atom. The van der Waals surface area contributed by atoms with E-state index in [2.05, 4.69) is 25.3 Å². The summed E-state index contributed by atoms with van der Waals surface area (Å²) in [6.07, 6.45) is 3.15. The molecule has 0 unspecified atom stereocenters. The largest absolute Gasteiger partial charge is 0.383 e. The van der Waals surface area contributed by atoms with Gasteiger partial charge in [0.15, 0.2) is 0 Å². The van der Waals surface area contributed by atoms with Gasteiger partial charge < -0.3 is 20.0 Å². The smallest absolute Gasteiger partial charge is 0.325 e. The number of anilines is 1. The van der Waals surface area contributed by atoms with Gasteiger partial charge in [0.2, 0.25) is 0 Å². The van der Waals surface area contributed by atoms with Crippen LogP contribution < -0.4 is 16.6 Å². The first-order valence-electron chi connectivity index (χ1n) is 6.72. The highest BCUT2D eigenvalue weighted by molar-refractivity contribution is 5.94. The molecule has 3 rings (SSSR count). The van der Waals surface area contributed by atoms with Crippen molar-refractivity contribution in [1.29, 1.82) is 0 Å². The maximum atomic E-state index is 12.0. The molecule has 0 spiro atoms. The molecule has 0 aliphatic rings. The maximum absolute atomic E-state index is 12.0. The fraction of sp³-hybridized carbons (Fsp3) is 0.214. The van der Waals surface area contributed by atoms with Crippen LogP contribution in [0, 0.1) is 0 Å². The van der Waals surface area contributed by atoms with Crippen LogP contribution in [0.15, 0.2) is 34.1 Å². The van der Waals surface area contributed by atoms with Gasteiger partial charge in [-0.15, -0.1) is 0 Å². The Labute approximate surface area is 124 Å². The van der Waals surface area contributed by atoms with Gasteiger partial charge in [0, 0.05) is 37.0 Å². The molecule has 0 saturated heterocycles. The summed E-state index contributed by atoms with van der Waals surface area (Å²) in [5, 5.41) is 3.93. The minimum absolute atomic E-state index is 0.376. The second kappa shape index (κ2) is 5.86. The van der Waals surface area contributed by atoms with E-state index >= 15 is 0 Å². The number of nitrogens with one attached hydrogen (secondary N) is 4. The average molecular weight is 301 g/mol. The first-order chi connectivity index (χ1) is 10.7. The van der Waals surface area contributed by atoms with Crippen molar-refractivity contribution in [2.45, 2.75) is 0 Å². The molecule has 0 saturated carbocycles. The van der Waals surface area contributed by atoms with E-state index in [1.54, 1.807) is 19.4 Å². The average Bonchev–Trinajstić information content (AvgIpc) is 2.95. The Kier molecular flexibility index (Phi) is 3.75. The normalized spacial score (nSPS) is 11.0. The molecule has 0 radical (unpaired) electrons. The highest BCUT2D eigenvalue weighted by atomic mass is 16.5. The third kappa shape index (κ3) is 2.63. The van der Waals surface area contributed by atoms with E-state index in [1.807, 2.05) is 6.07 Å². The van der Waals surface area contributed by atoms with E-state index in [0.717, 1.165) is 5.39 Å². The summed E-state index contributed by atoms with van der Waals surface area (Å²) in [4.78, 5) is 35.4. The monoisotopic (exact) mass is 301 g/mol. The van der Waals surface area contributed by atoms with Gasteiger partial charge in [-0.3, -0.25) is 9.78 Å². The van der Waals surface area contributed by atoms with Crippen LogP contribution in [-0.2, 0) is 4.74 Å². The molecule has 0 atom stereocenters. The quantitative estimate of drug-likeness (QED) is 0.517. The lowest BCUT2D eigenvalue weighted by molar-refractivity contribution is 0.210. The first-order valence-corrected chi connectivity index (χ1v) is 6.72. The summed E-state index contributed by atoms with van der Waals surface area (Å²) in [7, 11) is 1.62. The number of hydrogen-bond acceptors (Lipinski definition) is 5. The lowest BCUT2D eigenvalue weighted by atomic mass is 10.1. The third-order valence-electron chi connectivity index (χ3n) is 3.25. The minimum atomic E-state index is -0.536. The van der Waals surface area contributed by atoms with E-state index in [0.29, 0.717) is 35.7 Å². The Balaban J connectivity index is 2.12. The van der Waals surface area contributed by atoms with Crippen LogP contribution in [0.3, 0.4) is 0 Å². The van der Waals surface area contributed by atoms with Gasteiger partial charge in [0.1, 0.15) is 11.5 Å². The van der Waals surface area contributed by atoms with Crippen LogP contribution in [0.25, 0.3) is 22.2 Å². The van der Waals surface area contributed by atoms with Gasteiger partial charge in [-0.2, -0.15) is 0 Å². The second-order valence-corrected chi connectivity index (χ2v) is 4.70. The van der Waals surface area contributed by atoms with E-state index < -0.39 is 11.2 Å². The molecular weight excluding hydrogens is 286 g/mol. The summed E-state index contributed by atoms with van der Waals surface area (Å²) < 4.78 is 4.99. The zero-order chi connectivity index (χ0) is 15.5. The summed E-state index contributed by atoms with van der Waals surface area (Å²) in [5.74, 6) is 0.618. The van der Waals surface area contributed by atoms with Gasteiger partial charge in [0.05, 0.1) is 12.2 Å². The molecule has 0 amide bonds. The van der Waals surface area contributed by atoms with Crippen LogP contribution in [0.4, 0.5) is 5.82 Å². The van der Waals surface area contributed by atoms with Crippen LogP contribution in [-0.4, -0.2) is 40.2 Å². The van der Waals surface area contributed by atoms with Crippen LogP contribution in [0.1, 0.15) is 0 Å². The Morgan fingerprint density at radius 3 is 2.91 bits per heavy atom. The number of fused-ring (bicyclic) bond motifs is 1. The van der Waals surface area contributed by atoms with Crippen molar-refractivity contribution in [2.24, 2.45) is 0 Å². The van der Waals surface area contributed by atoms with Crippen molar-refractivity contribution in [1.82, 2.24) is 19.9 Å². The fourth-order valence-corrected chi connectivity index (χ4v) is 2.24. The minimum Gasteiger partial charge on any atom is -0.383 e. The topological polar surface area (TPSA) is 116 Å². The number of hydrogen-bond donors (Lipinski definition) is 4. The molecule has 3 heterocycles. The number of ether oxygens (including phenoxy) is 1. The fourth-order valence-electron chi connectivity index (χ4n) is 2.24. The highest BCUT2D eigenvalue weighted by Crippen LogP contribution is 2.27. The molecule has 4 N–H and O–H groups in total. The molecule has 114 valence electrons.